The Morgan fingerprint density at radius 1 is 0.419 bits per heavy atom. The standard InChI is InChI=1S/C42H74O/c1-3-5-7-9-11-13-15-17-19-21-23-25-27-29-31-33-36-40-37-35-39-42(43)41(40)38-34-32-30-28-26-24-22-20-18-16-14-12-10-8-6-4-2/h17-20,35,37,39,43H,3-16,21-34,36,38H2,1-2H3/b19-17-,20-18-. The number of hydrogen-bond acceptors (Lipinski definition) is 1. The van der Waals surface area contributed by atoms with Crippen LogP contribution in [0.4, 0.5) is 0 Å². The molecule has 0 saturated heterocycles. The highest BCUT2D eigenvalue weighted by molar-refractivity contribution is 5.39. The van der Waals surface area contributed by atoms with E-state index >= 15 is 0 Å². The van der Waals surface area contributed by atoms with E-state index in [0.717, 1.165) is 12.8 Å². The van der Waals surface area contributed by atoms with Crippen molar-refractivity contribution in [1.29, 1.82) is 0 Å². The summed E-state index contributed by atoms with van der Waals surface area (Å²) in [4.78, 5) is 0. The third kappa shape index (κ3) is 25.5. The molecule has 1 nitrogen and oxygen atoms in total. The molecule has 0 aliphatic carbocycles. The van der Waals surface area contributed by atoms with Gasteiger partial charge in [-0.1, -0.05) is 166 Å². The van der Waals surface area contributed by atoms with E-state index in [1.807, 2.05) is 12.1 Å². The molecule has 0 amide bonds. The predicted octanol–water partition coefficient (Wildman–Crippen LogP) is 14.6. The Kier molecular flexibility index (Phi) is 29.3. The lowest BCUT2D eigenvalue weighted by Gasteiger charge is -2.12. The monoisotopic (exact) mass is 595 g/mol. The van der Waals surface area contributed by atoms with Crippen LogP contribution >= 0.6 is 0 Å². The van der Waals surface area contributed by atoms with E-state index in [0.29, 0.717) is 5.75 Å². The van der Waals surface area contributed by atoms with Crippen molar-refractivity contribution in [3.05, 3.63) is 53.6 Å². The normalized spacial score (nSPS) is 11.9. The van der Waals surface area contributed by atoms with Crippen LogP contribution in [0.3, 0.4) is 0 Å². The third-order valence-electron chi connectivity index (χ3n) is 9.14. The van der Waals surface area contributed by atoms with Crippen molar-refractivity contribution < 1.29 is 5.11 Å². The SMILES string of the molecule is CCCCCCCC/C=C\CCCCCCCCc1cccc(O)c1CCCCCCCC/C=C\CCCCCCCC. The van der Waals surface area contributed by atoms with Gasteiger partial charge in [0.1, 0.15) is 5.75 Å². The van der Waals surface area contributed by atoms with Gasteiger partial charge in [-0.15, -0.1) is 0 Å². The molecule has 0 aliphatic rings. The van der Waals surface area contributed by atoms with E-state index in [-0.39, 0.29) is 0 Å². The van der Waals surface area contributed by atoms with Gasteiger partial charge in [-0.25, -0.2) is 0 Å². The van der Waals surface area contributed by atoms with Crippen molar-refractivity contribution in [3.8, 4) is 5.75 Å². The second-order valence-electron chi connectivity index (χ2n) is 13.3. The topological polar surface area (TPSA) is 20.2 Å². The second-order valence-corrected chi connectivity index (χ2v) is 13.3. The molecule has 0 atom stereocenters. The summed E-state index contributed by atoms with van der Waals surface area (Å²) in [5, 5.41) is 10.5. The van der Waals surface area contributed by atoms with Gasteiger partial charge in [-0.2, -0.15) is 0 Å². The molecule has 0 aromatic heterocycles. The maximum Gasteiger partial charge on any atom is 0.119 e. The molecule has 43 heavy (non-hydrogen) atoms. The summed E-state index contributed by atoms with van der Waals surface area (Å²) in [7, 11) is 0. The molecule has 0 fully saturated rings. The summed E-state index contributed by atoms with van der Waals surface area (Å²) in [5.41, 5.74) is 2.62. The number of hydrogen-bond donors (Lipinski definition) is 1. The minimum absolute atomic E-state index is 0.523. The number of phenolic OH excluding ortho intramolecular Hbond substituents is 1. The largest absolute Gasteiger partial charge is 0.508 e. The number of unbranched alkanes of at least 4 members (excludes halogenated alkanes) is 24. The molecule has 0 bridgehead atoms. The third-order valence-corrected chi connectivity index (χ3v) is 9.14. The van der Waals surface area contributed by atoms with Crippen LogP contribution < -0.4 is 0 Å². The van der Waals surface area contributed by atoms with E-state index in [9.17, 15) is 5.11 Å². The Morgan fingerprint density at radius 2 is 0.767 bits per heavy atom. The van der Waals surface area contributed by atoms with Gasteiger partial charge in [0.15, 0.2) is 0 Å². The quantitative estimate of drug-likeness (QED) is 0.0649. The molecule has 0 heterocycles. The fourth-order valence-electron chi connectivity index (χ4n) is 6.26. The van der Waals surface area contributed by atoms with Crippen molar-refractivity contribution >= 4 is 0 Å². The van der Waals surface area contributed by atoms with Crippen molar-refractivity contribution in [2.75, 3.05) is 0 Å². The number of allylic oxidation sites excluding steroid dienone is 4. The van der Waals surface area contributed by atoms with Crippen LogP contribution in [0.1, 0.15) is 205 Å². The Bertz CT molecular complexity index is 760. The van der Waals surface area contributed by atoms with E-state index in [4.69, 9.17) is 0 Å². The molecular formula is C42H74O. The molecule has 0 unspecified atom stereocenters. The van der Waals surface area contributed by atoms with E-state index in [1.165, 1.54) is 191 Å². The van der Waals surface area contributed by atoms with E-state index in [2.05, 4.69) is 44.2 Å². The first-order valence-corrected chi connectivity index (χ1v) is 19.4. The van der Waals surface area contributed by atoms with E-state index < -0.39 is 0 Å². The summed E-state index contributed by atoms with van der Waals surface area (Å²) in [6.07, 6.45) is 49.6. The first kappa shape index (κ1) is 39.5. The van der Waals surface area contributed by atoms with Crippen LogP contribution in [0, 0.1) is 0 Å². The summed E-state index contributed by atoms with van der Waals surface area (Å²) < 4.78 is 0. The average molecular weight is 595 g/mol. The molecule has 0 saturated carbocycles. The number of benzene rings is 1. The molecular weight excluding hydrogens is 520 g/mol. The maximum atomic E-state index is 10.5. The highest BCUT2D eigenvalue weighted by Gasteiger charge is 2.07. The average Bonchev–Trinajstić information content (AvgIpc) is 3.01. The van der Waals surface area contributed by atoms with Crippen LogP contribution in [0.2, 0.25) is 0 Å². The molecule has 0 spiro atoms. The Labute approximate surface area is 270 Å². The van der Waals surface area contributed by atoms with Crippen LogP contribution in [0.25, 0.3) is 0 Å². The van der Waals surface area contributed by atoms with Gasteiger partial charge in [0.05, 0.1) is 0 Å². The molecule has 1 aromatic carbocycles. The molecule has 1 heteroatoms. The molecule has 1 N–H and O–H groups in total. The Morgan fingerprint density at radius 3 is 1.19 bits per heavy atom. The van der Waals surface area contributed by atoms with Crippen molar-refractivity contribution in [2.24, 2.45) is 0 Å². The first-order valence-electron chi connectivity index (χ1n) is 19.4. The molecule has 0 radical (unpaired) electrons. The first-order chi connectivity index (χ1) is 21.3. The molecule has 1 rings (SSSR count). The van der Waals surface area contributed by atoms with E-state index in [1.54, 1.807) is 0 Å². The summed E-state index contributed by atoms with van der Waals surface area (Å²) in [6.45, 7) is 4.58. The lowest BCUT2D eigenvalue weighted by molar-refractivity contribution is 0.464. The zero-order valence-corrected chi connectivity index (χ0v) is 29.2. The van der Waals surface area contributed by atoms with Crippen LogP contribution in [0.15, 0.2) is 42.5 Å². The summed E-state index contributed by atoms with van der Waals surface area (Å²) >= 11 is 0. The summed E-state index contributed by atoms with van der Waals surface area (Å²) in [6, 6.07) is 6.18. The maximum absolute atomic E-state index is 10.5. The van der Waals surface area contributed by atoms with Gasteiger partial charge < -0.3 is 5.11 Å². The summed E-state index contributed by atoms with van der Waals surface area (Å²) in [5.74, 6) is 0.523. The number of aryl methyl sites for hydroxylation is 1. The highest BCUT2D eigenvalue weighted by atomic mass is 16.3. The number of rotatable bonds is 32. The number of phenols is 1. The zero-order chi connectivity index (χ0) is 30.9. The van der Waals surface area contributed by atoms with Crippen molar-refractivity contribution in [2.45, 2.75) is 206 Å². The fraction of sp³-hybridized carbons (Fsp3) is 0.762. The Balaban J connectivity index is 2.00. The van der Waals surface area contributed by atoms with Crippen LogP contribution in [-0.4, -0.2) is 5.11 Å². The highest BCUT2D eigenvalue weighted by Crippen LogP contribution is 2.25. The molecule has 1 aromatic rings. The van der Waals surface area contributed by atoms with Gasteiger partial charge in [-0.05, 0) is 94.2 Å². The van der Waals surface area contributed by atoms with Crippen molar-refractivity contribution in [3.63, 3.8) is 0 Å². The number of aromatic hydroxyl groups is 1. The molecule has 248 valence electrons. The van der Waals surface area contributed by atoms with Gasteiger partial charge in [0.25, 0.3) is 0 Å². The van der Waals surface area contributed by atoms with Gasteiger partial charge in [-0.3, -0.25) is 0 Å². The lowest BCUT2D eigenvalue weighted by atomic mass is 9.95. The van der Waals surface area contributed by atoms with Gasteiger partial charge in [0.2, 0.25) is 0 Å². The lowest BCUT2D eigenvalue weighted by Crippen LogP contribution is -1.96. The second kappa shape index (κ2) is 31.9. The molecule has 0 aliphatic heterocycles. The fourth-order valence-corrected chi connectivity index (χ4v) is 6.26. The smallest absolute Gasteiger partial charge is 0.119 e. The predicted molar refractivity (Wildman–Crippen MR) is 194 cm³/mol. The van der Waals surface area contributed by atoms with Crippen LogP contribution in [-0.2, 0) is 12.8 Å². The van der Waals surface area contributed by atoms with Gasteiger partial charge >= 0.3 is 0 Å². The zero-order valence-electron chi connectivity index (χ0n) is 29.2. The minimum atomic E-state index is 0.523. The van der Waals surface area contributed by atoms with Gasteiger partial charge in [0, 0.05) is 0 Å². The Hall–Kier alpha value is -1.50. The minimum Gasteiger partial charge on any atom is -0.508 e. The van der Waals surface area contributed by atoms with Crippen LogP contribution in [0.5, 0.6) is 5.75 Å². The van der Waals surface area contributed by atoms with Crippen molar-refractivity contribution in [1.82, 2.24) is 0 Å².